The number of benzene rings is 2. The largest absolute Gasteiger partial charge is 0.457 e. The average Bonchev–Trinajstić information content (AvgIpc) is 3.29. The van der Waals surface area contributed by atoms with Gasteiger partial charge in [0.2, 0.25) is 5.91 Å². The standard InChI is InChI=1S/C26H26N6O2/c1-3-22(33)31-15-7-8-19(16-31)32-26-23(25(27-2)28-17-29-26)24(30-32)18-11-13-21(14-12-18)34-20-9-5-4-6-10-20/h3-6,9-14,17,19H,1,7-8,15-16H2,2H3,(H,27,28,29)/t19-/m0/s1. The van der Waals surface area contributed by atoms with Gasteiger partial charge in [0, 0.05) is 25.7 Å². The van der Waals surface area contributed by atoms with Crippen molar-refractivity contribution in [2.24, 2.45) is 0 Å². The van der Waals surface area contributed by atoms with Crippen LogP contribution in [0.4, 0.5) is 5.82 Å². The molecule has 0 radical (unpaired) electrons. The number of anilines is 1. The SMILES string of the molecule is C=CC(=O)N1CCC[C@H](n2nc(-c3ccc(Oc4ccccc4)cc3)c3c(NC)ncnc32)C1. The Morgan fingerprint density at radius 1 is 1.12 bits per heavy atom. The molecule has 0 unspecified atom stereocenters. The first-order chi connectivity index (χ1) is 16.7. The van der Waals surface area contributed by atoms with Gasteiger partial charge < -0.3 is 15.0 Å². The first-order valence-electron chi connectivity index (χ1n) is 11.3. The second kappa shape index (κ2) is 9.35. The predicted octanol–water partition coefficient (Wildman–Crippen LogP) is 4.68. The summed E-state index contributed by atoms with van der Waals surface area (Å²) in [6, 6.07) is 17.5. The Bertz CT molecular complexity index is 1320. The van der Waals surface area contributed by atoms with E-state index in [-0.39, 0.29) is 11.9 Å². The molecule has 8 nitrogen and oxygen atoms in total. The lowest BCUT2D eigenvalue weighted by Crippen LogP contribution is -2.40. The molecular weight excluding hydrogens is 428 g/mol. The number of amides is 1. The van der Waals surface area contributed by atoms with E-state index in [4.69, 9.17) is 9.84 Å². The van der Waals surface area contributed by atoms with Crippen LogP contribution in [0.1, 0.15) is 18.9 Å². The minimum Gasteiger partial charge on any atom is -0.457 e. The fraction of sp³-hybridized carbons (Fsp3) is 0.231. The number of hydrogen-bond donors (Lipinski definition) is 1. The second-order valence-electron chi connectivity index (χ2n) is 8.19. The zero-order valence-corrected chi connectivity index (χ0v) is 19.0. The minimum atomic E-state index is -0.0547. The van der Waals surface area contributed by atoms with Crippen molar-refractivity contribution < 1.29 is 9.53 Å². The number of nitrogens with one attached hydrogen (secondary N) is 1. The molecule has 0 saturated carbocycles. The summed E-state index contributed by atoms with van der Waals surface area (Å²) in [7, 11) is 1.84. The van der Waals surface area contributed by atoms with Crippen molar-refractivity contribution in [1.82, 2.24) is 24.6 Å². The lowest BCUT2D eigenvalue weighted by molar-refractivity contribution is -0.127. The maximum absolute atomic E-state index is 12.2. The topological polar surface area (TPSA) is 85.2 Å². The molecule has 1 aliphatic heterocycles. The van der Waals surface area contributed by atoms with Gasteiger partial charge in [0.25, 0.3) is 0 Å². The van der Waals surface area contributed by atoms with Gasteiger partial charge in [0.15, 0.2) is 5.65 Å². The number of aromatic nitrogens is 4. The summed E-state index contributed by atoms with van der Waals surface area (Å²) in [5, 5.41) is 9.02. The van der Waals surface area contributed by atoms with E-state index in [1.807, 2.05) is 71.2 Å². The Kier molecular flexibility index (Phi) is 5.95. The highest BCUT2D eigenvalue weighted by Crippen LogP contribution is 2.35. The smallest absolute Gasteiger partial charge is 0.246 e. The third-order valence-corrected chi connectivity index (χ3v) is 6.06. The highest BCUT2D eigenvalue weighted by Gasteiger charge is 2.28. The molecule has 34 heavy (non-hydrogen) atoms. The van der Waals surface area contributed by atoms with E-state index in [1.165, 1.54) is 6.08 Å². The van der Waals surface area contributed by atoms with Gasteiger partial charge in [-0.25, -0.2) is 14.6 Å². The molecule has 1 saturated heterocycles. The van der Waals surface area contributed by atoms with Crippen molar-refractivity contribution in [3.63, 3.8) is 0 Å². The van der Waals surface area contributed by atoms with Crippen LogP contribution in [0.2, 0.25) is 0 Å². The Balaban J connectivity index is 1.52. The first-order valence-corrected chi connectivity index (χ1v) is 11.3. The van der Waals surface area contributed by atoms with Gasteiger partial charge >= 0.3 is 0 Å². The van der Waals surface area contributed by atoms with Crippen molar-refractivity contribution in [3.8, 4) is 22.8 Å². The number of rotatable bonds is 6. The molecule has 1 fully saturated rings. The van der Waals surface area contributed by atoms with Crippen LogP contribution in [0.25, 0.3) is 22.3 Å². The molecule has 0 bridgehead atoms. The van der Waals surface area contributed by atoms with Crippen LogP contribution in [-0.2, 0) is 4.79 Å². The highest BCUT2D eigenvalue weighted by atomic mass is 16.5. The van der Waals surface area contributed by atoms with Gasteiger partial charge in [-0.15, -0.1) is 0 Å². The van der Waals surface area contributed by atoms with E-state index < -0.39 is 0 Å². The zero-order chi connectivity index (χ0) is 23.5. The normalized spacial score (nSPS) is 15.8. The van der Waals surface area contributed by atoms with E-state index in [1.54, 1.807) is 6.33 Å². The number of fused-ring (bicyclic) bond motifs is 1. The number of para-hydroxylation sites is 1. The minimum absolute atomic E-state index is 0.0224. The third kappa shape index (κ3) is 4.10. The fourth-order valence-corrected chi connectivity index (χ4v) is 4.41. The summed E-state index contributed by atoms with van der Waals surface area (Å²) in [5.74, 6) is 2.19. The maximum atomic E-state index is 12.2. The summed E-state index contributed by atoms with van der Waals surface area (Å²) < 4.78 is 7.89. The van der Waals surface area contributed by atoms with Crippen LogP contribution < -0.4 is 10.1 Å². The second-order valence-corrected chi connectivity index (χ2v) is 8.19. The summed E-state index contributed by atoms with van der Waals surface area (Å²) >= 11 is 0. The number of ether oxygens (including phenoxy) is 1. The summed E-state index contributed by atoms with van der Waals surface area (Å²) in [5.41, 5.74) is 2.47. The van der Waals surface area contributed by atoms with Crippen LogP contribution >= 0.6 is 0 Å². The summed E-state index contributed by atoms with van der Waals surface area (Å²) in [6.07, 6.45) is 4.73. The quantitative estimate of drug-likeness (QED) is 0.426. The molecule has 2 aromatic heterocycles. The maximum Gasteiger partial charge on any atom is 0.246 e. The van der Waals surface area contributed by atoms with Crippen molar-refractivity contribution in [2.75, 3.05) is 25.5 Å². The molecular formula is C26H26N6O2. The van der Waals surface area contributed by atoms with Crippen LogP contribution in [0.3, 0.4) is 0 Å². The van der Waals surface area contributed by atoms with Crippen molar-refractivity contribution in [1.29, 1.82) is 0 Å². The average molecular weight is 455 g/mol. The number of likely N-dealkylation sites (tertiary alicyclic amines) is 1. The van der Waals surface area contributed by atoms with E-state index in [9.17, 15) is 4.79 Å². The van der Waals surface area contributed by atoms with Gasteiger partial charge in [0.1, 0.15) is 29.3 Å². The lowest BCUT2D eigenvalue weighted by atomic mass is 10.1. The molecule has 5 rings (SSSR count). The number of hydrogen-bond acceptors (Lipinski definition) is 6. The highest BCUT2D eigenvalue weighted by molar-refractivity contribution is 5.99. The summed E-state index contributed by atoms with van der Waals surface area (Å²) in [4.78, 5) is 23.0. The Morgan fingerprint density at radius 2 is 1.88 bits per heavy atom. The Labute approximate surface area is 197 Å². The zero-order valence-electron chi connectivity index (χ0n) is 19.0. The van der Waals surface area contributed by atoms with Crippen molar-refractivity contribution in [2.45, 2.75) is 18.9 Å². The molecule has 8 heteroatoms. The third-order valence-electron chi connectivity index (χ3n) is 6.06. The lowest BCUT2D eigenvalue weighted by Gasteiger charge is -2.32. The molecule has 1 amide bonds. The molecule has 0 aliphatic carbocycles. The van der Waals surface area contributed by atoms with E-state index in [2.05, 4.69) is 21.9 Å². The van der Waals surface area contributed by atoms with Gasteiger partial charge in [-0.05, 0) is 55.3 Å². The molecule has 3 heterocycles. The molecule has 2 aromatic carbocycles. The Morgan fingerprint density at radius 3 is 2.62 bits per heavy atom. The number of carbonyl (C=O) groups is 1. The fourth-order valence-electron chi connectivity index (χ4n) is 4.41. The summed E-state index contributed by atoms with van der Waals surface area (Å²) in [6.45, 7) is 4.93. The predicted molar refractivity (Wildman–Crippen MR) is 132 cm³/mol. The number of nitrogens with zero attached hydrogens (tertiary/aromatic N) is 5. The van der Waals surface area contributed by atoms with Gasteiger partial charge in [0.05, 0.1) is 11.4 Å². The molecule has 1 aliphatic rings. The van der Waals surface area contributed by atoms with E-state index >= 15 is 0 Å². The van der Waals surface area contributed by atoms with Gasteiger partial charge in [-0.3, -0.25) is 4.79 Å². The molecule has 0 spiro atoms. The molecule has 1 N–H and O–H groups in total. The van der Waals surface area contributed by atoms with Crippen LogP contribution in [0.5, 0.6) is 11.5 Å². The first kappa shape index (κ1) is 21.6. The van der Waals surface area contributed by atoms with Crippen LogP contribution in [-0.4, -0.2) is 50.7 Å². The number of carbonyl (C=O) groups excluding carboxylic acids is 1. The molecule has 4 aromatic rings. The van der Waals surface area contributed by atoms with Crippen molar-refractivity contribution >= 4 is 22.8 Å². The van der Waals surface area contributed by atoms with E-state index in [0.29, 0.717) is 12.4 Å². The molecule has 172 valence electrons. The van der Waals surface area contributed by atoms with Gasteiger partial charge in [-0.1, -0.05) is 24.8 Å². The van der Waals surface area contributed by atoms with Gasteiger partial charge in [-0.2, -0.15) is 5.10 Å². The van der Waals surface area contributed by atoms with Crippen LogP contribution in [0, 0.1) is 0 Å². The van der Waals surface area contributed by atoms with Crippen molar-refractivity contribution in [3.05, 3.63) is 73.6 Å². The van der Waals surface area contributed by atoms with Crippen LogP contribution in [0.15, 0.2) is 73.6 Å². The number of piperidine rings is 1. The van der Waals surface area contributed by atoms with E-state index in [0.717, 1.165) is 53.2 Å². The monoisotopic (exact) mass is 454 g/mol. The Hall–Kier alpha value is -4.20. The molecule has 1 atom stereocenters.